The van der Waals surface area contributed by atoms with Gasteiger partial charge in [0.05, 0.1) is 26.4 Å². The molecule has 2 aromatic carbocycles. The smallest absolute Gasteiger partial charge is 0.337 e. The van der Waals surface area contributed by atoms with Gasteiger partial charge in [0.2, 0.25) is 0 Å². The van der Waals surface area contributed by atoms with Crippen molar-refractivity contribution < 1.29 is 19.0 Å². The highest BCUT2D eigenvalue weighted by molar-refractivity contribution is 5.89. The minimum atomic E-state index is -0.340. The van der Waals surface area contributed by atoms with Gasteiger partial charge in [-0.05, 0) is 61.3 Å². The first-order valence-electron chi connectivity index (χ1n) is 9.86. The van der Waals surface area contributed by atoms with Gasteiger partial charge in [0.15, 0.2) is 0 Å². The molecular weight excluding hydrogens is 354 g/mol. The van der Waals surface area contributed by atoms with E-state index in [4.69, 9.17) is 14.2 Å². The Hall–Kier alpha value is -2.53. The Kier molecular flexibility index (Phi) is 9.35. The second kappa shape index (κ2) is 12.0. The van der Waals surface area contributed by atoms with E-state index in [0.717, 1.165) is 30.9 Å². The number of methoxy groups -OCH3 is 2. The summed E-state index contributed by atoms with van der Waals surface area (Å²) in [6.07, 6.45) is 4.38. The average Bonchev–Trinajstić information content (AvgIpc) is 2.75. The van der Waals surface area contributed by atoms with Gasteiger partial charge in [-0.2, -0.15) is 0 Å². The molecule has 0 heterocycles. The predicted molar refractivity (Wildman–Crippen MR) is 111 cm³/mol. The van der Waals surface area contributed by atoms with Gasteiger partial charge in [0.25, 0.3) is 0 Å². The fourth-order valence-corrected chi connectivity index (χ4v) is 2.97. The molecule has 1 unspecified atom stereocenters. The van der Waals surface area contributed by atoms with Crippen LogP contribution in [0.25, 0.3) is 0 Å². The number of rotatable bonds is 12. The summed E-state index contributed by atoms with van der Waals surface area (Å²) in [7, 11) is 3.06. The maximum atomic E-state index is 11.4. The summed E-state index contributed by atoms with van der Waals surface area (Å²) >= 11 is 0. The lowest BCUT2D eigenvalue weighted by Gasteiger charge is -2.19. The lowest BCUT2D eigenvalue weighted by molar-refractivity contribution is 0.0600. The molecule has 0 fully saturated rings. The molecule has 0 aromatic heterocycles. The zero-order valence-electron chi connectivity index (χ0n) is 17.1. The SMILES string of the molecule is CCCCC(NCCCOc1ccc(C(=O)OC)cc1)c1ccc(OC)cc1. The Morgan fingerprint density at radius 3 is 2.25 bits per heavy atom. The molecule has 28 heavy (non-hydrogen) atoms. The molecule has 0 amide bonds. The minimum absolute atomic E-state index is 0.338. The molecule has 0 bridgehead atoms. The summed E-state index contributed by atoms with van der Waals surface area (Å²) < 4.78 is 15.7. The molecule has 2 rings (SSSR count). The van der Waals surface area contributed by atoms with E-state index in [2.05, 4.69) is 24.4 Å². The van der Waals surface area contributed by atoms with Crippen molar-refractivity contribution in [3.05, 3.63) is 59.7 Å². The largest absolute Gasteiger partial charge is 0.497 e. The monoisotopic (exact) mass is 385 g/mol. The molecule has 5 heteroatoms. The van der Waals surface area contributed by atoms with Crippen LogP contribution in [0.2, 0.25) is 0 Å². The van der Waals surface area contributed by atoms with Gasteiger partial charge in [0, 0.05) is 6.04 Å². The third kappa shape index (κ3) is 6.89. The van der Waals surface area contributed by atoms with E-state index in [1.807, 2.05) is 12.1 Å². The third-order valence-corrected chi connectivity index (χ3v) is 4.62. The first kappa shape index (κ1) is 21.8. The lowest BCUT2D eigenvalue weighted by atomic mass is 10.0. The number of benzene rings is 2. The van der Waals surface area contributed by atoms with E-state index < -0.39 is 0 Å². The van der Waals surface area contributed by atoms with E-state index in [1.54, 1.807) is 31.4 Å². The van der Waals surface area contributed by atoms with Crippen LogP contribution in [0.1, 0.15) is 54.6 Å². The van der Waals surface area contributed by atoms with Crippen molar-refractivity contribution in [2.24, 2.45) is 0 Å². The van der Waals surface area contributed by atoms with Gasteiger partial charge in [0.1, 0.15) is 11.5 Å². The van der Waals surface area contributed by atoms with Crippen LogP contribution in [0.5, 0.6) is 11.5 Å². The zero-order valence-corrected chi connectivity index (χ0v) is 17.1. The molecule has 0 saturated heterocycles. The number of carbonyl (C=O) groups is 1. The Bertz CT molecular complexity index is 698. The van der Waals surface area contributed by atoms with Gasteiger partial charge in [-0.1, -0.05) is 31.9 Å². The zero-order chi connectivity index (χ0) is 20.2. The summed E-state index contributed by atoms with van der Waals surface area (Å²) in [6, 6.07) is 15.6. The normalized spacial score (nSPS) is 11.7. The molecule has 0 aliphatic carbocycles. The maximum Gasteiger partial charge on any atom is 0.337 e. The number of esters is 1. The van der Waals surface area contributed by atoms with E-state index in [9.17, 15) is 4.79 Å². The highest BCUT2D eigenvalue weighted by atomic mass is 16.5. The van der Waals surface area contributed by atoms with Gasteiger partial charge >= 0.3 is 5.97 Å². The molecule has 5 nitrogen and oxygen atoms in total. The van der Waals surface area contributed by atoms with Crippen LogP contribution in [0.15, 0.2) is 48.5 Å². The van der Waals surface area contributed by atoms with Crippen LogP contribution in [0.4, 0.5) is 0 Å². The fraction of sp³-hybridized carbons (Fsp3) is 0.435. The van der Waals surface area contributed by atoms with E-state index in [-0.39, 0.29) is 5.97 Å². The quantitative estimate of drug-likeness (QED) is 0.421. The Morgan fingerprint density at radius 1 is 0.964 bits per heavy atom. The minimum Gasteiger partial charge on any atom is -0.497 e. The summed E-state index contributed by atoms with van der Waals surface area (Å²) in [5.74, 6) is 1.29. The molecule has 0 aliphatic heterocycles. The van der Waals surface area contributed by atoms with E-state index >= 15 is 0 Å². The Labute approximate surface area is 168 Å². The molecule has 1 atom stereocenters. The average molecular weight is 386 g/mol. The Balaban J connectivity index is 1.77. The highest BCUT2D eigenvalue weighted by Crippen LogP contribution is 2.22. The molecule has 2 aromatic rings. The predicted octanol–water partition coefficient (Wildman–Crippen LogP) is 4.77. The van der Waals surface area contributed by atoms with Crippen molar-refractivity contribution in [2.45, 2.75) is 38.6 Å². The van der Waals surface area contributed by atoms with Crippen molar-refractivity contribution in [3.63, 3.8) is 0 Å². The van der Waals surface area contributed by atoms with Crippen LogP contribution in [-0.2, 0) is 4.74 Å². The summed E-state index contributed by atoms with van der Waals surface area (Å²) in [4.78, 5) is 11.4. The van der Waals surface area contributed by atoms with Crippen LogP contribution in [0, 0.1) is 0 Å². The van der Waals surface area contributed by atoms with E-state index in [1.165, 1.54) is 25.5 Å². The third-order valence-electron chi connectivity index (χ3n) is 4.62. The number of carbonyl (C=O) groups excluding carboxylic acids is 1. The van der Waals surface area contributed by atoms with E-state index in [0.29, 0.717) is 18.2 Å². The van der Waals surface area contributed by atoms with Crippen LogP contribution in [-0.4, -0.2) is 33.3 Å². The van der Waals surface area contributed by atoms with Crippen molar-refractivity contribution >= 4 is 5.97 Å². The molecule has 0 aliphatic rings. The van der Waals surface area contributed by atoms with Crippen molar-refractivity contribution in [1.29, 1.82) is 0 Å². The summed E-state index contributed by atoms with van der Waals surface area (Å²) in [6.45, 7) is 3.71. The molecule has 1 N–H and O–H groups in total. The lowest BCUT2D eigenvalue weighted by Crippen LogP contribution is -2.23. The van der Waals surface area contributed by atoms with Gasteiger partial charge in [-0.3, -0.25) is 0 Å². The topological polar surface area (TPSA) is 56.8 Å². The second-order valence-electron chi connectivity index (χ2n) is 6.64. The molecule has 0 spiro atoms. The van der Waals surface area contributed by atoms with Crippen LogP contribution < -0.4 is 14.8 Å². The Morgan fingerprint density at radius 2 is 1.64 bits per heavy atom. The molecular formula is C23H31NO4. The summed E-state index contributed by atoms with van der Waals surface area (Å²) in [5.41, 5.74) is 1.81. The van der Waals surface area contributed by atoms with Crippen LogP contribution in [0.3, 0.4) is 0 Å². The molecule has 0 radical (unpaired) electrons. The number of ether oxygens (including phenoxy) is 3. The number of hydrogen-bond donors (Lipinski definition) is 1. The first-order valence-corrected chi connectivity index (χ1v) is 9.86. The summed E-state index contributed by atoms with van der Waals surface area (Å²) in [5, 5.41) is 3.64. The number of unbranched alkanes of at least 4 members (excludes halogenated alkanes) is 1. The molecule has 152 valence electrons. The fourth-order valence-electron chi connectivity index (χ4n) is 2.97. The van der Waals surface area contributed by atoms with Crippen molar-refractivity contribution in [1.82, 2.24) is 5.32 Å². The number of nitrogens with one attached hydrogen (secondary N) is 1. The standard InChI is InChI=1S/C23H31NO4/c1-4-5-7-22(18-8-12-20(26-2)13-9-18)24-16-6-17-28-21-14-10-19(11-15-21)23(25)27-3/h8-15,22,24H,4-7,16-17H2,1-3H3. The maximum absolute atomic E-state index is 11.4. The molecule has 0 saturated carbocycles. The first-order chi connectivity index (χ1) is 13.7. The highest BCUT2D eigenvalue weighted by Gasteiger charge is 2.10. The second-order valence-corrected chi connectivity index (χ2v) is 6.64. The van der Waals surface area contributed by atoms with Gasteiger partial charge in [-0.15, -0.1) is 0 Å². The van der Waals surface area contributed by atoms with Crippen LogP contribution >= 0.6 is 0 Å². The number of hydrogen-bond acceptors (Lipinski definition) is 5. The van der Waals surface area contributed by atoms with Crippen molar-refractivity contribution in [2.75, 3.05) is 27.4 Å². The van der Waals surface area contributed by atoms with Gasteiger partial charge in [-0.25, -0.2) is 4.79 Å². The van der Waals surface area contributed by atoms with Crippen molar-refractivity contribution in [3.8, 4) is 11.5 Å². The van der Waals surface area contributed by atoms with Gasteiger partial charge < -0.3 is 19.5 Å².